The number of hydrogen-bond acceptors (Lipinski definition) is 3. The van der Waals surface area contributed by atoms with E-state index in [0.717, 1.165) is 25.7 Å². The van der Waals surface area contributed by atoms with Crippen LogP contribution in [-0.2, 0) is 4.79 Å². The first-order chi connectivity index (χ1) is 9.66. The molecular weight excluding hydrogens is 256 g/mol. The zero-order valence-electron chi connectivity index (χ0n) is 11.3. The van der Waals surface area contributed by atoms with Gasteiger partial charge >= 0.3 is 0 Å². The van der Waals surface area contributed by atoms with E-state index >= 15 is 0 Å². The quantitative estimate of drug-likeness (QED) is 0.885. The second-order valence-corrected chi connectivity index (χ2v) is 5.61. The van der Waals surface area contributed by atoms with Gasteiger partial charge in [-0.05, 0) is 31.7 Å². The largest absolute Gasteiger partial charge is 0.335 e. The van der Waals surface area contributed by atoms with Crippen molar-refractivity contribution >= 4 is 11.7 Å². The van der Waals surface area contributed by atoms with Crippen LogP contribution in [0, 0.1) is 5.92 Å². The number of carbonyl (C=O) groups excluding carboxylic acids is 2. The second kappa shape index (κ2) is 5.23. The molecule has 5 heteroatoms. The number of nitrogens with one attached hydrogen (secondary N) is 1. The van der Waals surface area contributed by atoms with Crippen LogP contribution in [-0.4, -0.2) is 34.2 Å². The molecule has 106 valence electrons. The van der Waals surface area contributed by atoms with Gasteiger partial charge in [-0.25, -0.2) is 0 Å². The summed E-state index contributed by atoms with van der Waals surface area (Å²) in [5, 5.41) is 0. The molecule has 1 N–H and O–H groups in total. The predicted molar refractivity (Wildman–Crippen MR) is 73.5 cm³/mol. The van der Waals surface area contributed by atoms with Crippen molar-refractivity contribution in [2.75, 3.05) is 6.54 Å². The molecule has 2 unspecified atom stereocenters. The number of likely N-dealkylation sites (tertiary alicyclic amines) is 1. The lowest BCUT2D eigenvalue weighted by Crippen LogP contribution is -2.41. The normalized spacial score (nSPS) is 26.2. The number of rotatable bonds is 2. The molecule has 2 fully saturated rings. The predicted octanol–water partition coefficient (Wildman–Crippen LogP) is 1.35. The minimum Gasteiger partial charge on any atom is -0.335 e. The van der Waals surface area contributed by atoms with Gasteiger partial charge in [0.1, 0.15) is 5.78 Å². The summed E-state index contributed by atoms with van der Waals surface area (Å²) < 4.78 is 0. The van der Waals surface area contributed by atoms with Crippen LogP contribution in [0.2, 0.25) is 0 Å². The summed E-state index contributed by atoms with van der Waals surface area (Å²) in [5.74, 6) is 0.169. The van der Waals surface area contributed by atoms with E-state index < -0.39 is 0 Å². The summed E-state index contributed by atoms with van der Waals surface area (Å²) in [6, 6.07) is 2.97. The molecule has 1 aliphatic heterocycles. The van der Waals surface area contributed by atoms with Gasteiger partial charge in [0.25, 0.3) is 5.91 Å². The number of hydrogen-bond donors (Lipinski definition) is 1. The van der Waals surface area contributed by atoms with Crippen molar-refractivity contribution in [3.63, 3.8) is 0 Å². The lowest BCUT2D eigenvalue weighted by atomic mass is 9.95. The number of H-pyrrole nitrogens is 1. The Balaban J connectivity index is 1.83. The van der Waals surface area contributed by atoms with E-state index in [4.69, 9.17) is 0 Å². The van der Waals surface area contributed by atoms with Gasteiger partial charge < -0.3 is 9.88 Å². The molecular formula is C15H18N2O3. The van der Waals surface area contributed by atoms with E-state index in [0.29, 0.717) is 24.3 Å². The molecule has 5 nitrogen and oxygen atoms in total. The van der Waals surface area contributed by atoms with Gasteiger partial charge in [-0.3, -0.25) is 14.4 Å². The van der Waals surface area contributed by atoms with E-state index in [1.165, 1.54) is 12.3 Å². The lowest BCUT2D eigenvalue weighted by Gasteiger charge is -2.28. The van der Waals surface area contributed by atoms with Crippen molar-refractivity contribution in [3.8, 4) is 0 Å². The molecule has 0 spiro atoms. The van der Waals surface area contributed by atoms with E-state index in [-0.39, 0.29) is 23.4 Å². The van der Waals surface area contributed by atoms with Crippen LogP contribution in [0.3, 0.4) is 0 Å². The minimum absolute atomic E-state index is 0.00319. The first-order valence-electron chi connectivity index (χ1n) is 7.19. The average molecular weight is 274 g/mol. The fraction of sp³-hybridized carbons (Fsp3) is 0.533. The first kappa shape index (κ1) is 13.1. The Kier molecular flexibility index (Phi) is 3.42. The van der Waals surface area contributed by atoms with Crippen molar-refractivity contribution in [2.45, 2.75) is 38.1 Å². The van der Waals surface area contributed by atoms with Crippen LogP contribution in [0.1, 0.15) is 42.5 Å². The van der Waals surface area contributed by atoms with Crippen molar-refractivity contribution in [1.29, 1.82) is 0 Å². The number of ketones is 1. The van der Waals surface area contributed by atoms with E-state index in [1.54, 1.807) is 11.0 Å². The number of pyridine rings is 1. The minimum atomic E-state index is -0.275. The van der Waals surface area contributed by atoms with E-state index in [1.807, 2.05) is 0 Å². The molecule has 3 rings (SSSR count). The summed E-state index contributed by atoms with van der Waals surface area (Å²) in [6.07, 6.45) is 5.79. The molecule has 1 saturated heterocycles. The Morgan fingerprint density at radius 3 is 2.80 bits per heavy atom. The Morgan fingerprint density at radius 2 is 2.10 bits per heavy atom. The molecule has 2 heterocycles. The number of Topliss-reactive ketones (excluding diaryl/α,β-unsaturated/α-hetero) is 1. The summed E-state index contributed by atoms with van der Waals surface area (Å²) in [4.78, 5) is 40.1. The number of carbonyl (C=O) groups is 2. The summed E-state index contributed by atoms with van der Waals surface area (Å²) in [5.41, 5.74) is 0.134. The van der Waals surface area contributed by atoms with Crippen LogP contribution in [0.25, 0.3) is 0 Å². The van der Waals surface area contributed by atoms with Crippen molar-refractivity contribution < 1.29 is 9.59 Å². The van der Waals surface area contributed by atoms with Gasteiger partial charge in [-0.1, -0.05) is 0 Å². The first-order valence-corrected chi connectivity index (χ1v) is 7.19. The second-order valence-electron chi connectivity index (χ2n) is 5.61. The monoisotopic (exact) mass is 274 g/mol. The highest BCUT2D eigenvalue weighted by Crippen LogP contribution is 2.33. The average Bonchev–Trinajstić information content (AvgIpc) is 3.06. The Morgan fingerprint density at radius 1 is 1.25 bits per heavy atom. The molecule has 0 bridgehead atoms. The van der Waals surface area contributed by atoms with Gasteiger partial charge in [0.15, 0.2) is 0 Å². The Hall–Kier alpha value is -1.91. The highest BCUT2D eigenvalue weighted by Gasteiger charge is 2.40. The Bertz CT molecular complexity index is 593. The molecule has 2 atom stereocenters. The third-order valence-corrected chi connectivity index (χ3v) is 4.40. The number of aromatic amines is 1. The summed E-state index contributed by atoms with van der Waals surface area (Å²) >= 11 is 0. The Labute approximate surface area is 117 Å². The maximum atomic E-state index is 12.5. The third kappa shape index (κ3) is 2.28. The smallest absolute Gasteiger partial charge is 0.254 e. The molecule has 1 saturated carbocycles. The number of aromatic nitrogens is 1. The van der Waals surface area contributed by atoms with Crippen LogP contribution in [0.5, 0.6) is 0 Å². The van der Waals surface area contributed by atoms with Crippen LogP contribution < -0.4 is 5.56 Å². The number of amides is 1. The molecule has 2 aliphatic rings. The lowest BCUT2D eigenvalue weighted by molar-refractivity contribution is -0.121. The van der Waals surface area contributed by atoms with Crippen molar-refractivity contribution in [2.24, 2.45) is 5.92 Å². The molecule has 0 aromatic carbocycles. The molecule has 1 aliphatic carbocycles. The van der Waals surface area contributed by atoms with Gasteiger partial charge in [0.05, 0.1) is 0 Å². The number of nitrogens with zero attached hydrogens (tertiary/aromatic N) is 1. The maximum absolute atomic E-state index is 12.5. The summed E-state index contributed by atoms with van der Waals surface area (Å²) in [6.45, 7) is 0.681. The third-order valence-electron chi connectivity index (χ3n) is 4.40. The van der Waals surface area contributed by atoms with E-state index in [9.17, 15) is 14.4 Å². The van der Waals surface area contributed by atoms with Crippen LogP contribution in [0.15, 0.2) is 23.1 Å². The van der Waals surface area contributed by atoms with E-state index in [2.05, 4.69) is 4.98 Å². The zero-order chi connectivity index (χ0) is 14.1. The van der Waals surface area contributed by atoms with Gasteiger partial charge in [-0.15, -0.1) is 0 Å². The highest BCUT2D eigenvalue weighted by molar-refractivity contribution is 5.95. The molecule has 20 heavy (non-hydrogen) atoms. The van der Waals surface area contributed by atoms with Crippen molar-refractivity contribution in [1.82, 2.24) is 9.88 Å². The highest BCUT2D eigenvalue weighted by atomic mass is 16.2. The van der Waals surface area contributed by atoms with Crippen LogP contribution >= 0.6 is 0 Å². The SMILES string of the molecule is O=C1CCCC1C1CCCN1C(=O)c1cc[nH]c(=O)c1. The van der Waals surface area contributed by atoms with Gasteiger partial charge in [0.2, 0.25) is 5.56 Å². The molecule has 1 amide bonds. The maximum Gasteiger partial charge on any atom is 0.254 e. The standard InChI is InChI=1S/C15H18N2O3/c18-13-5-1-3-11(13)12-4-2-8-17(12)15(20)10-6-7-16-14(19)9-10/h6-7,9,11-12H,1-5,8H2,(H,16,19). The molecule has 1 aromatic heterocycles. The molecule has 1 aromatic rings. The fourth-order valence-electron chi connectivity index (χ4n) is 3.46. The summed E-state index contributed by atoms with van der Waals surface area (Å²) in [7, 11) is 0. The van der Waals surface area contributed by atoms with Gasteiger partial charge in [-0.2, -0.15) is 0 Å². The van der Waals surface area contributed by atoms with Crippen molar-refractivity contribution in [3.05, 3.63) is 34.2 Å². The molecule has 0 radical (unpaired) electrons. The van der Waals surface area contributed by atoms with Crippen LogP contribution in [0.4, 0.5) is 0 Å². The zero-order valence-corrected chi connectivity index (χ0v) is 11.3. The fourth-order valence-corrected chi connectivity index (χ4v) is 3.46. The topological polar surface area (TPSA) is 70.2 Å². The van der Waals surface area contributed by atoms with Gasteiger partial charge in [0, 0.05) is 42.8 Å².